The van der Waals surface area contributed by atoms with E-state index in [2.05, 4.69) is 15.2 Å². The third-order valence-electron chi connectivity index (χ3n) is 4.25. The molecule has 1 saturated heterocycles. The molecule has 4 heterocycles. The topological polar surface area (TPSA) is 103 Å². The molecule has 0 aromatic carbocycles. The molecule has 3 aromatic heterocycles. The molecule has 1 aliphatic rings. The van der Waals surface area contributed by atoms with Gasteiger partial charge >= 0.3 is 0 Å². The summed E-state index contributed by atoms with van der Waals surface area (Å²) in [5.41, 5.74) is 1.78. The Morgan fingerprint density at radius 1 is 1.32 bits per heavy atom. The molecule has 0 aliphatic carbocycles. The first-order valence-electron chi connectivity index (χ1n) is 7.77. The van der Waals surface area contributed by atoms with E-state index in [9.17, 15) is 8.42 Å². The molecule has 0 N–H and O–H groups in total. The minimum absolute atomic E-state index is 0.123. The highest BCUT2D eigenvalue weighted by molar-refractivity contribution is 7.89. The first-order valence-corrected chi connectivity index (χ1v) is 9.21. The Labute approximate surface area is 144 Å². The SMILES string of the molecule is Cc1noc2ncc(S(=O)(=O)N3CCO[C@@H](c4cnn(C)c4)C3)cc12. The average Bonchev–Trinajstić information content (AvgIpc) is 3.21. The first-order chi connectivity index (χ1) is 11.9. The Hall–Kier alpha value is -2.30. The summed E-state index contributed by atoms with van der Waals surface area (Å²) in [5, 5.41) is 8.52. The number of fused-ring (bicyclic) bond motifs is 1. The van der Waals surface area contributed by atoms with Gasteiger partial charge in [-0.1, -0.05) is 5.16 Å². The Kier molecular flexibility index (Phi) is 3.82. The number of rotatable bonds is 3. The largest absolute Gasteiger partial charge is 0.371 e. The zero-order chi connectivity index (χ0) is 17.6. The van der Waals surface area contributed by atoms with Crippen LogP contribution in [0.1, 0.15) is 17.4 Å². The lowest BCUT2D eigenvalue weighted by Crippen LogP contribution is -2.42. The van der Waals surface area contributed by atoms with E-state index in [0.29, 0.717) is 29.9 Å². The number of hydrogen-bond acceptors (Lipinski definition) is 7. The van der Waals surface area contributed by atoms with E-state index >= 15 is 0 Å². The second kappa shape index (κ2) is 5.90. The van der Waals surface area contributed by atoms with E-state index in [1.54, 1.807) is 23.9 Å². The lowest BCUT2D eigenvalue weighted by molar-refractivity contribution is -0.00259. The number of aromatic nitrogens is 4. The van der Waals surface area contributed by atoms with E-state index < -0.39 is 10.0 Å². The van der Waals surface area contributed by atoms with E-state index in [1.165, 1.54) is 10.5 Å². The zero-order valence-electron chi connectivity index (χ0n) is 13.8. The van der Waals surface area contributed by atoms with Gasteiger partial charge in [-0.3, -0.25) is 4.68 Å². The maximum Gasteiger partial charge on any atom is 0.257 e. The van der Waals surface area contributed by atoms with Gasteiger partial charge in [0, 0.05) is 31.9 Å². The van der Waals surface area contributed by atoms with Crippen LogP contribution in [0.5, 0.6) is 0 Å². The lowest BCUT2D eigenvalue weighted by atomic mass is 10.2. The number of nitrogens with zero attached hydrogens (tertiary/aromatic N) is 5. The van der Waals surface area contributed by atoms with Gasteiger partial charge in [-0.05, 0) is 13.0 Å². The van der Waals surface area contributed by atoms with Crippen LogP contribution in [0.3, 0.4) is 0 Å². The minimum atomic E-state index is -3.69. The fourth-order valence-corrected chi connectivity index (χ4v) is 4.27. The summed E-state index contributed by atoms with van der Waals surface area (Å²) in [6, 6.07) is 1.55. The highest BCUT2D eigenvalue weighted by Gasteiger charge is 2.32. The Morgan fingerprint density at radius 2 is 2.16 bits per heavy atom. The highest BCUT2D eigenvalue weighted by Crippen LogP contribution is 2.27. The van der Waals surface area contributed by atoms with E-state index in [0.717, 1.165) is 5.56 Å². The monoisotopic (exact) mass is 363 g/mol. The summed E-state index contributed by atoms with van der Waals surface area (Å²) in [7, 11) is -1.88. The van der Waals surface area contributed by atoms with Gasteiger partial charge in [0.05, 0.1) is 36.2 Å². The second-order valence-corrected chi connectivity index (χ2v) is 7.90. The quantitative estimate of drug-likeness (QED) is 0.684. The van der Waals surface area contributed by atoms with Gasteiger partial charge in [-0.2, -0.15) is 9.40 Å². The van der Waals surface area contributed by atoms with Crippen molar-refractivity contribution in [1.82, 2.24) is 24.2 Å². The smallest absolute Gasteiger partial charge is 0.257 e. The predicted molar refractivity (Wildman–Crippen MR) is 87.2 cm³/mol. The van der Waals surface area contributed by atoms with Gasteiger partial charge in [0.2, 0.25) is 10.0 Å². The first kappa shape index (κ1) is 16.2. The van der Waals surface area contributed by atoms with Crippen molar-refractivity contribution in [2.75, 3.05) is 19.7 Å². The van der Waals surface area contributed by atoms with Crippen LogP contribution in [-0.4, -0.2) is 52.3 Å². The normalized spacial score (nSPS) is 19.5. The molecular formula is C15H17N5O4S. The molecule has 3 aromatic rings. The third-order valence-corrected chi connectivity index (χ3v) is 6.08. The number of aryl methyl sites for hydroxylation is 2. The van der Waals surface area contributed by atoms with Crippen LogP contribution in [-0.2, 0) is 21.8 Å². The number of ether oxygens (including phenoxy) is 1. The van der Waals surface area contributed by atoms with Crippen LogP contribution in [0.15, 0.2) is 34.1 Å². The molecule has 9 nitrogen and oxygen atoms in total. The molecule has 132 valence electrons. The summed E-state index contributed by atoms with van der Waals surface area (Å²) >= 11 is 0. The zero-order valence-corrected chi connectivity index (χ0v) is 14.6. The van der Waals surface area contributed by atoms with E-state index in [4.69, 9.17) is 9.26 Å². The van der Waals surface area contributed by atoms with Crippen molar-refractivity contribution in [1.29, 1.82) is 0 Å². The minimum Gasteiger partial charge on any atom is -0.371 e. The molecule has 1 fully saturated rings. The second-order valence-electron chi connectivity index (χ2n) is 5.96. The van der Waals surface area contributed by atoms with E-state index in [1.807, 2.05) is 13.2 Å². The maximum absolute atomic E-state index is 13.0. The average molecular weight is 363 g/mol. The molecule has 0 radical (unpaired) electrons. The fraction of sp³-hybridized carbons (Fsp3) is 0.400. The van der Waals surface area contributed by atoms with E-state index in [-0.39, 0.29) is 17.5 Å². The van der Waals surface area contributed by atoms with Gasteiger partial charge in [-0.25, -0.2) is 13.4 Å². The molecule has 0 saturated carbocycles. The van der Waals surface area contributed by atoms with Crippen molar-refractivity contribution in [3.8, 4) is 0 Å². The molecule has 0 amide bonds. The number of hydrogen-bond donors (Lipinski definition) is 0. The highest BCUT2D eigenvalue weighted by atomic mass is 32.2. The summed E-state index contributed by atoms with van der Waals surface area (Å²) in [6.07, 6.45) is 4.48. The molecule has 4 rings (SSSR count). The summed E-state index contributed by atoms with van der Waals surface area (Å²) in [5.74, 6) is 0. The van der Waals surface area contributed by atoms with Crippen molar-refractivity contribution in [3.05, 3.63) is 35.9 Å². The van der Waals surface area contributed by atoms with Crippen molar-refractivity contribution in [2.45, 2.75) is 17.9 Å². The molecular weight excluding hydrogens is 346 g/mol. The number of sulfonamides is 1. The van der Waals surface area contributed by atoms with Crippen LogP contribution in [0.4, 0.5) is 0 Å². The van der Waals surface area contributed by atoms with Gasteiger partial charge in [0.25, 0.3) is 5.71 Å². The lowest BCUT2D eigenvalue weighted by Gasteiger charge is -2.31. The molecule has 0 unspecified atom stereocenters. The molecule has 25 heavy (non-hydrogen) atoms. The summed E-state index contributed by atoms with van der Waals surface area (Å²) < 4.78 is 39.8. The maximum atomic E-state index is 13.0. The van der Waals surface area contributed by atoms with Gasteiger partial charge < -0.3 is 9.26 Å². The van der Waals surface area contributed by atoms with Crippen LogP contribution in [0, 0.1) is 6.92 Å². The van der Waals surface area contributed by atoms with Crippen LogP contribution >= 0.6 is 0 Å². The standard InChI is InChI=1S/C15H17N5O4S/c1-10-13-5-12(7-16-15(13)24-18-10)25(21,22)20-3-4-23-14(9-20)11-6-17-19(2)8-11/h5-8,14H,3-4,9H2,1-2H3/t14-/m1/s1. The number of pyridine rings is 1. The van der Waals surface area contributed by atoms with Crippen molar-refractivity contribution < 1.29 is 17.7 Å². The molecule has 1 atom stereocenters. The van der Waals surface area contributed by atoms with Gasteiger partial charge in [-0.15, -0.1) is 0 Å². The van der Waals surface area contributed by atoms with Gasteiger partial charge in [0.15, 0.2) is 0 Å². The Bertz CT molecular complexity index is 1030. The van der Waals surface area contributed by atoms with Gasteiger partial charge in [0.1, 0.15) is 4.90 Å². The Balaban J connectivity index is 1.65. The Morgan fingerprint density at radius 3 is 2.92 bits per heavy atom. The van der Waals surface area contributed by atoms with Crippen LogP contribution in [0.25, 0.3) is 11.1 Å². The summed E-state index contributed by atoms with van der Waals surface area (Å²) in [6.45, 7) is 2.59. The molecule has 0 bridgehead atoms. The van der Waals surface area contributed by atoms with Crippen molar-refractivity contribution in [3.63, 3.8) is 0 Å². The van der Waals surface area contributed by atoms with Crippen molar-refractivity contribution >= 4 is 21.1 Å². The summed E-state index contributed by atoms with van der Waals surface area (Å²) in [4.78, 5) is 4.19. The molecule has 1 aliphatic heterocycles. The molecule has 10 heteroatoms. The predicted octanol–water partition coefficient (Wildman–Crippen LogP) is 1.03. The molecule has 0 spiro atoms. The fourth-order valence-electron chi connectivity index (χ4n) is 2.87. The van der Waals surface area contributed by atoms with Crippen LogP contribution < -0.4 is 0 Å². The third kappa shape index (κ3) is 2.81. The van der Waals surface area contributed by atoms with Crippen LogP contribution in [0.2, 0.25) is 0 Å². The van der Waals surface area contributed by atoms with Crippen molar-refractivity contribution in [2.24, 2.45) is 7.05 Å². The number of morpholine rings is 1.